The number of hydrogen-bond donors (Lipinski definition) is 2. The first-order valence-electron chi connectivity index (χ1n) is 10.1. The number of nitrogens with zero attached hydrogens (tertiary/aromatic N) is 3. The number of hydrogen-bond acceptors (Lipinski definition) is 4. The predicted octanol–water partition coefficient (Wildman–Crippen LogP) is 3.64. The second kappa shape index (κ2) is 15.0. The predicted molar refractivity (Wildman–Crippen MR) is 129 cm³/mol. The zero-order chi connectivity index (χ0) is 21.1. The van der Waals surface area contributed by atoms with Gasteiger partial charge in [0.25, 0.3) is 0 Å². The summed E-state index contributed by atoms with van der Waals surface area (Å²) in [5.74, 6) is 0.737. The zero-order valence-electron chi connectivity index (χ0n) is 17.7. The maximum Gasteiger partial charge on any atom is 0.387 e. The van der Waals surface area contributed by atoms with Gasteiger partial charge in [-0.15, -0.1) is 24.0 Å². The van der Waals surface area contributed by atoms with Gasteiger partial charge in [-0.25, -0.2) is 4.99 Å². The third-order valence-corrected chi connectivity index (χ3v) is 4.98. The van der Waals surface area contributed by atoms with E-state index in [4.69, 9.17) is 11.6 Å². The van der Waals surface area contributed by atoms with Gasteiger partial charge < -0.3 is 25.2 Å². The van der Waals surface area contributed by atoms with Gasteiger partial charge in [-0.2, -0.15) is 8.78 Å². The van der Waals surface area contributed by atoms with E-state index in [9.17, 15) is 8.78 Å². The first kappa shape index (κ1) is 27.1. The molecule has 6 nitrogen and oxygen atoms in total. The Labute approximate surface area is 200 Å². The van der Waals surface area contributed by atoms with Crippen LogP contribution < -0.4 is 15.4 Å². The van der Waals surface area contributed by atoms with Crippen LogP contribution in [0.3, 0.4) is 0 Å². The molecule has 0 radical (unpaired) electrons. The van der Waals surface area contributed by atoms with Crippen molar-refractivity contribution in [2.45, 2.75) is 32.9 Å². The van der Waals surface area contributed by atoms with E-state index < -0.39 is 6.61 Å². The highest BCUT2D eigenvalue weighted by Crippen LogP contribution is 2.25. The Morgan fingerprint density at radius 3 is 2.77 bits per heavy atom. The molecule has 0 saturated carbocycles. The van der Waals surface area contributed by atoms with Crippen molar-refractivity contribution < 1.29 is 13.5 Å². The Morgan fingerprint density at radius 2 is 2.03 bits per heavy atom. The van der Waals surface area contributed by atoms with Crippen molar-refractivity contribution in [3.8, 4) is 5.75 Å². The van der Waals surface area contributed by atoms with E-state index in [1.807, 2.05) is 6.92 Å². The molecule has 172 valence electrons. The van der Waals surface area contributed by atoms with Gasteiger partial charge in [0.2, 0.25) is 0 Å². The molecule has 1 aliphatic heterocycles. The van der Waals surface area contributed by atoms with Crippen LogP contribution in [0.4, 0.5) is 8.78 Å². The summed E-state index contributed by atoms with van der Waals surface area (Å²) in [6.45, 7) is 6.34. The lowest BCUT2D eigenvalue weighted by molar-refractivity contribution is -0.0504. The first-order chi connectivity index (χ1) is 14.0. The molecule has 1 saturated heterocycles. The fourth-order valence-electron chi connectivity index (χ4n) is 3.22. The van der Waals surface area contributed by atoms with E-state index in [0.29, 0.717) is 23.1 Å². The molecule has 0 spiro atoms. The Morgan fingerprint density at radius 1 is 1.23 bits per heavy atom. The number of likely N-dealkylation sites (N-methyl/N-ethyl adjacent to an activating group) is 1. The van der Waals surface area contributed by atoms with Crippen LogP contribution in [0.25, 0.3) is 0 Å². The minimum absolute atomic E-state index is 0. The molecular weight excluding hydrogens is 527 g/mol. The molecule has 0 atom stereocenters. The summed E-state index contributed by atoms with van der Waals surface area (Å²) < 4.78 is 29.8. The third-order valence-electron chi connectivity index (χ3n) is 4.75. The SMILES string of the molecule is CCNC(=NCc1cc(Cl)ccc1OC(F)F)NCCCN1CCCN(C)CC1.I. The molecule has 30 heavy (non-hydrogen) atoms. The Balaban J connectivity index is 0.00000450. The lowest BCUT2D eigenvalue weighted by Crippen LogP contribution is -2.39. The number of nitrogens with one attached hydrogen (secondary N) is 2. The third kappa shape index (κ3) is 10.4. The Kier molecular flexibility index (Phi) is 13.5. The fraction of sp³-hybridized carbons (Fsp3) is 0.650. The van der Waals surface area contributed by atoms with Crippen molar-refractivity contribution in [3.05, 3.63) is 28.8 Å². The smallest absolute Gasteiger partial charge is 0.387 e. The average Bonchev–Trinajstić information content (AvgIpc) is 2.89. The average molecular weight is 560 g/mol. The molecule has 0 aliphatic carbocycles. The maximum atomic E-state index is 12.6. The summed E-state index contributed by atoms with van der Waals surface area (Å²) in [7, 11) is 2.17. The number of guanidine groups is 1. The Bertz CT molecular complexity index is 654. The van der Waals surface area contributed by atoms with Crippen molar-refractivity contribution >= 4 is 41.5 Å². The van der Waals surface area contributed by atoms with Gasteiger partial charge in [0, 0.05) is 36.8 Å². The summed E-state index contributed by atoms with van der Waals surface area (Å²) in [6.07, 6.45) is 2.21. The van der Waals surface area contributed by atoms with E-state index >= 15 is 0 Å². The van der Waals surface area contributed by atoms with Crippen molar-refractivity contribution in [3.63, 3.8) is 0 Å². The van der Waals surface area contributed by atoms with Gasteiger partial charge in [-0.3, -0.25) is 0 Å². The van der Waals surface area contributed by atoms with Gasteiger partial charge in [0.1, 0.15) is 5.75 Å². The highest BCUT2D eigenvalue weighted by Gasteiger charge is 2.12. The van der Waals surface area contributed by atoms with Gasteiger partial charge in [0.05, 0.1) is 6.54 Å². The number of halogens is 4. The van der Waals surface area contributed by atoms with Crippen molar-refractivity contribution in [2.75, 3.05) is 52.9 Å². The van der Waals surface area contributed by atoms with E-state index in [1.54, 1.807) is 6.07 Å². The molecule has 2 N–H and O–H groups in total. The summed E-state index contributed by atoms with van der Waals surface area (Å²) in [6, 6.07) is 4.57. The molecule has 2 rings (SSSR count). The van der Waals surface area contributed by atoms with Gasteiger partial charge in [-0.1, -0.05) is 11.6 Å². The molecule has 1 aromatic carbocycles. The van der Waals surface area contributed by atoms with Crippen molar-refractivity contribution in [2.24, 2.45) is 4.99 Å². The van der Waals surface area contributed by atoms with Crippen LogP contribution in [0, 0.1) is 0 Å². The minimum atomic E-state index is -2.89. The summed E-state index contributed by atoms with van der Waals surface area (Å²) in [4.78, 5) is 9.36. The van der Waals surface area contributed by atoms with Crippen molar-refractivity contribution in [1.82, 2.24) is 20.4 Å². The van der Waals surface area contributed by atoms with Crippen LogP contribution in [0.15, 0.2) is 23.2 Å². The molecule has 1 fully saturated rings. The minimum Gasteiger partial charge on any atom is -0.434 e. The van der Waals surface area contributed by atoms with Crippen LogP contribution in [0.1, 0.15) is 25.3 Å². The molecule has 0 unspecified atom stereocenters. The quantitative estimate of drug-likeness (QED) is 0.209. The molecular formula is C20H33ClF2IN5O. The van der Waals surface area contributed by atoms with E-state index in [0.717, 1.165) is 45.7 Å². The highest BCUT2D eigenvalue weighted by atomic mass is 127. The molecule has 1 aliphatic rings. The van der Waals surface area contributed by atoms with Crippen molar-refractivity contribution in [1.29, 1.82) is 0 Å². The first-order valence-corrected chi connectivity index (χ1v) is 10.5. The normalized spacial score (nSPS) is 16.1. The lowest BCUT2D eigenvalue weighted by Gasteiger charge is -2.20. The van der Waals surface area contributed by atoms with Crippen LogP contribution in [-0.2, 0) is 6.54 Å². The summed E-state index contributed by atoms with van der Waals surface area (Å²) in [5, 5.41) is 6.94. The van der Waals surface area contributed by atoms with E-state index in [2.05, 4.69) is 37.2 Å². The van der Waals surface area contributed by atoms with Crippen LogP contribution >= 0.6 is 35.6 Å². The van der Waals surface area contributed by atoms with E-state index in [-0.39, 0.29) is 36.3 Å². The topological polar surface area (TPSA) is 52.1 Å². The number of benzene rings is 1. The number of rotatable bonds is 9. The molecule has 1 heterocycles. The standard InChI is InChI=1S/C20H32ClF2N5O.HI/c1-3-24-20(25-8-4-10-28-11-5-9-27(2)12-13-28)26-15-16-14-17(21)6-7-18(16)29-19(22)23;/h6-7,14,19H,3-5,8-13,15H2,1-2H3,(H2,24,25,26);1H. The van der Waals surface area contributed by atoms with Gasteiger partial charge in [-0.05, 0) is 64.6 Å². The number of alkyl halides is 2. The lowest BCUT2D eigenvalue weighted by atomic mass is 10.2. The Hall–Kier alpha value is -0.910. The van der Waals surface area contributed by atoms with E-state index in [1.165, 1.54) is 18.6 Å². The van der Waals surface area contributed by atoms with Crippen LogP contribution in [-0.4, -0.2) is 75.2 Å². The summed E-state index contributed by atoms with van der Waals surface area (Å²) >= 11 is 6.00. The second-order valence-electron chi connectivity index (χ2n) is 7.10. The zero-order valence-corrected chi connectivity index (χ0v) is 20.8. The molecule has 0 aromatic heterocycles. The molecule has 0 amide bonds. The van der Waals surface area contributed by atoms with Crippen LogP contribution in [0.5, 0.6) is 5.75 Å². The molecule has 1 aromatic rings. The second-order valence-corrected chi connectivity index (χ2v) is 7.54. The number of aliphatic imine (C=N–C) groups is 1. The fourth-order valence-corrected chi connectivity index (χ4v) is 3.42. The molecule has 0 bridgehead atoms. The monoisotopic (exact) mass is 559 g/mol. The molecule has 10 heteroatoms. The number of ether oxygens (including phenoxy) is 1. The largest absolute Gasteiger partial charge is 0.434 e. The summed E-state index contributed by atoms with van der Waals surface area (Å²) in [5.41, 5.74) is 0.517. The maximum absolute atomic E-state index is 12.6. The highest BCUT2D eigenvalue weighted by molar-refractivity contribution is 14.0. The van der Waals surface area contributed by atoms with Gasteiger partial charge >= 0.3 is 6.61 Å². The van der Waals surface area contributed by atoms with Gasteiger partial charge in [0.15, 0.2) is 5.96 Å². The van der Waals surface area contributed by atoms with Crippen LogP contribution in [0.2, 0.25) is 5.02 Å².